The van der Waals surface area contributed by atoms with Gasteiger partial charge in [-0.1, -0.05) is 18.2 Å². The van der Waals surface area contributed by atoms with E-state index in [-0.39, 0.29) is 0 Å². The molecule has 0 saturated carbocycles. The number of rotatable bonds is 2. The van der Waals surface area contributed by atoms with Crippen LogP contribution in [0.4, 0.5) is 10.5 Å². The minimum absolute atomic E-state index is 0.503. The third-order valence-corrected chi connectivity index (χ3v) is 2.80. The average molecular weight is 267 g/mol. The quantitative estimate of drug-likeness (QED) is 0.747. The second-order valence-corrected chi connectivity index (χ2v) is 4.38. The number of benzene rings is 2. The maximum atomic E-state index is 11.8. The van der Waals surface area contributed by atoms with Gasteiger partial charge in [-0.3, -0.25) is 5.32 Å². The lowest BCUT2D eigenvalue weighted by Crippen LogP contribution is -2.16. The summed E-state index contributed by atoms with van der Waals surface area (Å²) < 4.78 is 5.16. The lowest BCUT2D eigenvalue weighted by atomic mass is 10.3. The van der Waals surface area contributed by atoms with Crippen molar-refractivity contribution in [3.8, 4) is 5.75 Å². The zero-order chi connectivity index (χ0) is 13.9. The largest absolute Gasteiger partial charge is 0.417 e. The molecule has 0 spiro atoms. The van der Waals surface area contributed by atoms with Crippen molar-refractivity contribution in [2.24, 2.45) is 0 Å². The summed E-state index contributed by atoms with van der Waals surface area (Å²) in [6.45, 7) is 1.89. The summed E-state index contributed by atoms with van der Waals surface area (Å²) in [4.78, 5) is 19.2. The summed E-state index contributed by atoms with van der Waals surface area (Å²) in [7, 11) is 0. The molecule has 5 nitrogen and oxygen atoms in total. The van der Waals surface area contributed by atoms with E-state index in [0.29, 0.717) is 11.4 Å². The molecule has 3 rings (SSSR count). The number of hydrogen-bond acceptors (Lipinski definition) is 3. The van der Waals surface area contributed by atoms with Gasteiger partial charge in [0.25, 0.3) is 0 Å². The van der Waals surface area contributed by atoms with Gasteiger partial charge in [0.15, 0.2) is 0 Å². The predicted molar refractivity (Wildman–Crippen MR) is 76.9 cm³/mol. The molecule has 0 bridgehead atoms. The number of aromatic nitrogens is 2. The normalized spacial score (nSPS) is 10.4. The van der Waals surface area contributed by atoms with Gasteiger partial charge in [-0.15, -0.1) is 0 Å². The Labute approximate surface area is 115 Å². The van der Waals surface area contributed by atoms with Crippen molar-refractivity contribution in [1.82, 2.24) is 9.97 Å². The second-order valence-electron chi connectivity index (χ2n) is 4.38. The minimum Gasteiger partial charge on any atom is -0.410 e. The Morgan fingerprint density at radius 2 is 2.00 bits per heavy atom. The zero-order valence-corrected chi connectivity index (χ0v) is 10.9. The smallest absolute Gasteiger partial charge is 0.410 e. The molecule has 0 unspecified atom stereocenters. The molecule has 100 valence electrons. The van der Waals surface area contributed by atoms with Crippen LogP contribution in [0.2, 0.25) is 0 Å². The number of aryl methyl sites for hydroxylation is 1. The molecular weight excluding hydrogens is 254 g/mol. The van der Waals surface area contributed by atoms with Gasteiger partial charge in [-0.2, -0.15) is 0 Å². The summed E-state index contributed by atoms with van der Waals surface area (Å²) >= 11 is 0. The topological polar surface area (TPSA) is 67.0 Å². The number of carbonyl (C=O) groups excluding carboxylic acids is 1. The van der Waals surface area contributed by atoms with E-state index in [1.165, 1.54) is 0 Å². The summed E-state index contributed by atoms with van der Waals surface area (Å²) in [6.07, 6.45) is -0.521. The van der Waals surface area contributed by atoms with E-state index in [4.69, 9.17) is 4.74 Å². The van der Waals surface area contributed by atoms with Crippen LogP contribution in [-0.4, -0.2) is 16.1 Å². The fourth-order valence-corrected chi connectivity index (χ4v) is 1.95. The standard InChI is InChI=1S/C15H13N3O2/c1-10-16-13-8-7-11(9-14(13)17-10)18-15(19)20-12-5-3-2-4-6-12/h2-9H,1H3,(H,16,17)(H,18,19). The second kappa shape index (κ2) is 5.05. The number of carbonyl (C=O) groups is 1. The Morgan fingerprint density at radius 1 is 1.20 bits per heavy atom. The molecular formula is C15H13N3O2. The highest BCUT2D eigenvalue weighted by molar-refractivity contribution is 5.89. The van der Waals surface area contributed by atoms with Crippen molar-refractivity contribution in [3.63, 3.8) is 0 Å². The molecule has 0 atom stereocenters. The highest BCUT2D eigenvalue weighted by Gasteiger charge is 2.06. The SMILES string of the molecule is Cc1nc2ccc(NC(=O)Oc3ccccc3)cc2[nH]1. The van der Waals surface area contributed by atoms with Crippen LogP contribution in [0.1, 0.15) is 5.82 Å². The lowest BCUT2D eigenvalue weighted by Gasteiger charge is -2.06. The van der Waals surface area contributed by atoms with Crippen LogP contribution in [0.15, 0.2) is 48.5 Å². The number of amides is 1. The van der Waals surface area contributed by atoms with E-state index in [0.717, 1.165) is 16.9 Å². The Hall–Kier alpha value is -2.82. The first-order valence-corrected chi connectivity index (χ1v) is 6.21. The van der Waals surface area contributed by atoms with Gasteiger partial charge < -0.3 is 9.72 Å². The molecule has 3 aromatic rings. The van der Waals surface area contributed by atoms with Crippen molar-refractivity contribution in [2.45, 2.75) is 6.92 Å². The van der Waals surface area contributed by atoms with Gasteiger partial charge in [0.05, 0.1) is 11.0 Å². The molecule has 5 heteroatoms. The average Bonchev–Trinajstić information content (AvgIpc) is 2.79. The first-order chi connectivity index (χ1) is 9.70. The first-order valence-electron chi connectivity index (χ1n) is 6.21. The number of imidazole rings is 1. The minimum atomic E-state index is -0.521. The highest BCUT2D eigenvalue weighted by Crippen LogP contribution is 2.17. The Balaban J connectivity index is 1.74. The van der Waals surface area contributed by atoms with Crippen LogP contribution in [0.3, 0.4) is 0 Å². The highest BCUT2D eigenvalue weighted by atomic mass is 16.6. The summed E-state index contributed by atoms with van der Waals surface area (Å²) in [5.74, 6) is 1.34. The van der Waals surface area contributed by atoms with E-state index in [9.17, 15) is 4.79 Å². The van der Waals surface area contributed by atoms with E-state index >= 15 is 0 Å². The Morgan fingerprint density at radius 3 is 2.80 bits per heavy atom. The molecule has 0 aliphatic carbocycles. The van der Waals surface area contributed by atoms with Crippen molar-refractivity contribution in [3.05, 3.63) is 54.4 Å². The van der Waals surface area contributed by atoms with E-state index < -0.39 is 6.09 Å². The Kier molecular flexibility index (Phi) is 3.09. The predicted octanol–water partition coefficient (Wildman–Crippen LogP) is 3.48. The Bertz CT molecular complexity index is 750. The van der Waals surface area contributed by atoms with Gasteiger partial charge in [0, 0.05) is 5.69 Å². The van der Waals surface area contributed by atoms with Gasteiger partial charge >= 0.3 is 6.09 Å². The molecule has 1 amide bonds. The van der Waals surface area contributed by atoms with Crippen LogP contribution in [-0.2, 0) is 0 Å². The molecule has 0 fully saturated rings. The number of H-pyrrole nitrogens is 1. The van der Waals surface area contributed by atoms with E-state index in [2.05, 4.69) is 15.3 Å². The van der Waals surface area contributed by atoms with E-state index in [1.807, 2.05) is 37.3 Å². The summed E-state index contributed by atoms with van der Waals surface area (Å²) in [5, 5.41) is 2.68. The van der Waals surface area contributed by atoms with Gasteiger partial charge in [0.1, 0.15) is 11.6 Å². The molecule has 2 aromatic carbocycles. The fraction of sp³-hybridized carbons (Fsp3) is 0.0667. The summed E-state index contributed by atoms with van der Waals surface area (Å²) in [6, 6.07) is 14.4. The van der Waals surface area contributed by atoms with Crippen molar-refractivity contribution in [1.29, 1.82) is 0 Å². The van der Waals surface area contributed by atoms with Crippen LogP contribution < -0.4 is 10.1 Å². The molecule has 1 aromatic heterocycles. The molecule has 0 radical (unpaired) electrons. The van der Waals surface area contributed by atoms with Crippen LogP contribution >= 0.6 is 0 Å². The van der Waals surface area contributed by atoms with Crippen molar-refractivity contribution < 1.29 is 9.53 Å². The van der Waals surface area contributed by atoms with Gasteiger partial charge in [-0.25, -0.2) is 9.78 Å². The van der Waals surface area contributed by atoms with Crippen LogP contribution in [0.5, 0.6) is 5.75 Å². The number of nitrogens with one attached hydrogen (secondary N) is 2. The van der Waals surface area contributed by atoms with E-state index in [1.54, 1.807) is 18.2 Å². The fourth-order valence-electron chi connectivity index (χ4n) is 1.95. The number of para-hydroxylation sites is 1. The molecule has 0 saturated heterocycles. The molecule has 20 heavy (non-hydrogen) atoms. The molecule has 1 heterocycles. The number of ether oxygens (including phenoxy) is 1. The third kappa shape index (κ3) is 2.61. The monoisotopic (exact) mass is 267 g/mol. The number of anilines is 1. The van der Waals surface area contributed by atoms with Gasteiger partial charge in [-0.05, 0) is 37.3 Å². The third-order valence-electron chi connectivity index (χ3n) is 2.80. The van der Waals surface area contributed by atoms with Gasteiger partial charge in [0.2, 0.25) is 0 Å². The molecule has 2 N–H and O–H groups in total. The number of nitrogens with zero attached hydrogens (tertiary/aromatic N) is 1. The molecule has 0 aliphatic rings. The first kappa shape index (κ1) is 12.2. The number of fused-ring (bicyclic) bond motifs is 1. The van der Waals surface area contributed by atoms with Crippen LogP contribution in [0, 0.1) is 6.92 Å². The van der Waals surface area contributed by atoms with Crippen molar-refractivity contribution in [2.75, 3.05) is 5.32 Å². The van der Waals surface area contributed by atoms with Crippen LogP contribution in [0.25, 0.3) is 11.0 Å². The maximum absolute atomic E-state index is 11.8. The number of hydrogen-bond donors (Lipinski definition) is 2. The maximum Gasteiger partial charge on any atom is 0.417 e. The molecule has 0 aliphatic heterocycles. The summed E-state index contributed by atoms with van der Waals surface area (Å²) in [5.41, 5.74) is 2.39. The zero-order valence-electron chi connectivity index (χ0n) is 10.9. The van der Waals surface area contributed by atoms with Crippen molar-refractivity contribution >= 4 is 22.8 Å². The number of aromatic amines is 1. The lowest BCUT2D eigenvalue weighted by molar-refractivity contribution is 0.215.